The van der Waals surface area contributed by atoms with Crippen LogP contribution in [0.1, 0.15) is 86.9 Å². The number of carbonyl (C=O) groups excluding carboxylic acids is 3. The molecule has 2 aliphatic rings. The van der Waals surface area contributed by atoms with E-state index in [2.05, 4.69) is 143 Å². The van der Waals surface area contributed by atoms with Crippen LogP contribution in [0.2, 0.25) is 0 Å². The van der Waals surface area contributed by atoms with Crippen molar-refractivity contribution >= 4 is 23.4 Å². The molecule has 0 saturated heterocycles. The molecule has 0 unspecified atom stereocenters. The molecule has 0 saturated carbocycles. The number of hydrogen-bond acceptors (Lipinski definition) is 3. The molecule has 2 heterocycles. The molecule has 53 heavy (non-hydrogen) atoms. The molecule has 1 atom stereocenters. The maximum Gasteiger partial charge on any atom is 0.262 e. The second kappa shape index (κ2) is 12.9. The molecule has 2 aliphatic heterocycles. The highest BCUT2D eigenvalue weighted by atomic mass is 16.2. The average Bonchev–Trinajstić information content (AvgIpc) is 3.41. The molecule has 3 amide bonds. The first kappa shape index (κ1) is 34.0. The van der Waals surface area contributed by atoms with E-state index in [1.165, 1.54) is 5.56 Å². The van der Waals surface area contributed by atoms with Gasteiger partial charge in [0.05, 0.1) is 16.5 Å². The minimum atomic E-state index is -0.686. The summed E-state index contributed by atoms with van der Waals surface area (Å²) >= 11 is 0. The van der Waals surface area contributed by atoms with Crippen LogP contribution in [-0.2, 0) is 15.6 Å². The van der Waals surface area contributed by atoms with Crippen LogP contribution in [0.4, 0.5) is 5.69 Å². The second-order valence-electron chi connectivity index (χ2n) is 15.2. The first-order chi connectivity index (χ1) is 25.6. The maximum absolute atomic E-state index is 14.7. The van der Waals surface area contributed by atoms with Crippen LogP contribution in [0, 0.1) is 6.92 Å². The Kier molecular flexibility index (Phi) is 8.26. The van der Waals surface area contributed by atoms with E-state index in [0.29, 0.717) is 17.5 Å². The van der Waals surface area contributed by atoms with Gasteiger partial charge < -0.3 is 4.90 Å². The number of amides is 3. The van der Waals surface area contributed by atoms with Crippen LogP contribution in [0.25, 0.3) is 0 Å². The van der Waals surface area contributed by atoms with Crippen LogP contribution in [-0.4, -0.2) is 34.7 Å². The molecular weight excluding hydrogens is 653 g/mol. The Balaban J connectivity index is 1.35. The van der Waals surface area contributed by atoms with Gasteiger partial charge >= 0.3 is 0 Å². The van der Waals surface area contributed by atoms with Gasteiger partial charge in [0.1, 0.15) is 6.54 Å². The summed E-state index contributed by atoms with van der Waals surface area (Å²) in [5, 5.41) is 0. The predicted octanol–water partition coefficient (Wildman–Crippen LogP) is 9.50. The van der Waals surface area contributed by atoms with Crippen LogP contribution in [0.15, 0.2) is 158 Å². The summed E-state index contributed by atoms with van der Waals surface area (Å²) in [6.07, 6.45) is 0.613. The van der Waals surface area contributed by atoms with Crippen LogP contribution < -0.4 is 4.90 Å². The Labute approximate surface area is 311 Å². The zero-order chi connectivity index (χ0) is 37.0. The number of fused-ring (bicyclic) bond motifs is 2. The zero-order valence-electron chi connectivity index (χ0n) is 30.5. The molecule has 6 aromatic rings. The van der Waals surface area contributed by atoms with E-state index in [0.717, 1.165) is 44.0 Å². The summed E-state index contributed by atoms with van der Waals surface area (Å²) in [5.41, 5.74) is 7.40. The Morgan fingerprint density at radius 2 is 1.08 bits per heavy atom. The molecule has 0 spiro atoms. The Hall–Kier alpha value is -6.07. The molecule has 0 bridgehead atoms. The molecule has 5 nitrogen and oxygen atoms in total. The van der Waals surface area contributed by atoms with Gasteiger partial charge in [-0.1, -0.05) is 152 Å². The van der Waals surface area contributed by atoms with E-state index >= 15 is 0 Å². The number of aryl methyl sites for hydroxylation is 1. The molecule has 5 heteroatoms. The van der Waals surface area contributed by atoms with E-state index in [1.54, 1.807) is 24.3 Å². The van der Waals surface area contributed by atoms with Crippen LogP contribution in [0.5, 0.6) is 0 Å². The van der Waals surface area contributed by atoms with Gasteiger partial charge in [0.15, 0.2) is 0 Å². The molecule has 0 N–H and O–H groups in total. The molecule has 0 aliphatic carbocycles. The third-order valence-electron chi connectivity index (χ3n) is 11.4. The van der Waals surface area contributed by atoms with Gasteiger partial charge in [-0.25, -0.2) is 0 Å². The number of benzene rings is 6. The quantitative estimate of drug-likeness (QED) is 0.124. The van der Waals surface area contributed by atoms with Gasteiger partial charge in [0.2, 0.25) is 5.91 Å². The molecule has 0 aromatic heterocycles. The number of carbonyl (C=O) groups is 3. The molecule has 8 rings (SSSR count). The Bertz CT molecular complexity index is 2220. The van der Waals surface area contributed by atoms with Crippen molar-refractivity contribution in [1.82, 2.24) is 4.90 Å². The van der Waals surface area contributed by atoms with Gasteiger partial charge in [-0.2, -0.15) is 0 Å². The smallest absolute Gasteiger partial charge is 0.262 e. The van der Waals surface area contributed by atoms with Crippen molar-refractivity contribution in [3.05, 3.63) is 208 Å². The SMILES string of the molecule is Cc1ccc([C@@]2(C)CC(C)(C)N(C(=O)CN3C(=O)c4ccccc4C3=O)c3ccc(C(c4ccccc4)(c4ccccc4)c4ccccc4)cc32)cc1. The molecule has 0 radical (unpaired) electrons. The number of imide groups is 1. The normalized spacial score (nSPS) is 17.7. The molecule has 6 aromatic carbocycles. The van der Waals surface area contributed by atoms with Crippen molar-refractivity contribution in [2.24, 2.45) is 0 Å². The molecule has 262 valence electrons. The first-order valence-electron chi connectivity index (χ1n) is 18.2. The number of nitrogens with zero attached hydrogens (tertiary/aromatic N) is 2. The van der Waals surface area contributed by atoms with E-state index < -0.39 is 28.2 Å². The first-order valence-corrected chi connectivity index (χ1v) is 18.2. The molecule has 0 fully saturated rings. The fraction of sp³-hybridized carbons (Fsp3) is 0.188. The standard InChI is InChI=1S/C48H42N2O3/c1-33-24-26-34(27-25-33)47(4)32-46(2,3)50(43(51)31-49-44(52)39-22-14-15-23-40(39)45(49)53)42-29-28-38(30-41(42)47)48(35-16-8-5-9-17-35,36-18-10-6-11-19-36)37-20-12-7-13-21-37/h5-30H,31-32H2,1-4H3/t47-/m1/s1. The van der Waals surface area contributed by atoms with E-state index in [4.69, 9.17) is 0 Å². The maximum atomic E-state index is 14.7. The third kappa shape index (κ3) is 5.42. The highest BCUT2D eigenvalue weighted by Crippen LogP contribution is 2.53. The average molecular weight is 695 g/mol. The fourth-order valence-electron chi connectivity index (χ4n) is 9.08. The summed E-state index contributed by atoms with van der Waals surface area (Å²) in [4.78, 5) is 44.5. The lowest BCUT2D eigenvalue weighted by Crippen LogP contribution is -2.58. The van der Waals surface area contributed by atoms with Gasteiger partial charge in [-0.05, 0) is 78.8 Å². The number of rotatable bonds is 7. The number of hydrogen-bond donors (Lipinski definition) is 0. The van der Waals surface area contributed by atoms with Gasteiger partial charge in [0, 0.05) is 16.6 Å². The Morgan fingerprint density at radius 3 is 1.57 bits per heavy atom. The predicted molar refractivity (Wildman–Crippen MR) is 210 cm³/mol. The van der Waals surface area contributed by atoms with Crippen molar-refractivity contribution in [2.45, 2.75) is 50.5 Å². The lowest BCUT2D eigenvalue weighted by molar-refractivity contribution is -0.120. The van der Waals surface area contributed by atoms with E-state index in [1.807, 2.05) is 23.1 Å². The number of anilines is 1. The van der Waals surface area contributed by atoms with Gasteiger partial charge in [-0.3, -0.25) is 19.3 Å². The second-order valence-corrected chi connectivity index (χ2v) is 15.2. The van der Waals surface area contributed by atoms with Crippen LogP contribution >= 0.6 is 0 Å². The van der Waals surface area contributed by atoms with E-state index in [-0.39, 0.29) is 12.5 Å². The highest BCUT2D eigenvalue weighted by molar-refractivity contribution is 6.23. The summed E-state index contributed by atoms with van der Waals surface area (Å²) in [7, 11) is 0. The minimum absolute atomic E-state index is 0.301. The van der Waals surface area contributed by atoms with Gasteiger partial charge in [0.25, 0.3) is 11.8 Å². The summed E-state index contributed by atoms with van der Waals surface area (Å²) in [6, 6.07) is 53.9. The van der Waals surface area contributed by atoms with Crippen molar-refractivity contribution < 1.29 is 14.4 Å². The Morgan fingerprint density at radius 1 is 0.604 bits per heavy atom. The highest BCUT2D eigenvalue weighted by Gasteiger charge is 2.50. The fourth-order valence-corrected chi connectivity index (χ4v) is 9.08. The largest absolute Gasteiger partial charge is 0.305 e. The van der Waals surface area contributed by atoms with E-state index in [9.17, 15) is 14.4 Å². The molecular formula is C48H42N2O3. The zero-order valence-corrected chi connectivity index (χ0v) is 30.5. The monoisotopic (exact) mass is 694 g/mol. The lowest BCUT2D eigenvalue weighted by Gasteiger charge is -2.52. The van der Waals surface area contributed by atoms with Gasteiger partial charge in [-0.15, -0.1) is 0 Å². The van der Waals surface area contributed by atoms with Crippen LogP contribution in [0.3, 0.4) is 0 Å². The summed E-state index contributed by atoms with van der Waals surface area (Å²) < 4.78 is 0. The van der Waals surface area contributed by atoms with Crippen molar-refractivity contribution in [2.75, 3.05) is 11.4 Å². The summed E-state index contributed by atoms with van der Waals surface area (Å²) in [5.74, 6) is -1.18. The lowest BCUT2D eigenvalue weighted by atomic mass is 9.61. The minimum Gasteiger partial charge on any atom is -0.305 e. The van der Waals surface area contributed by atoms with Crippen molar-refractivity contribution in [3.63, 3.8) is 0 Å². The van der Waals surface area contributed by atoms with Crippen molar-refractivity contribution in [1.29, 1.82) is 0 Å². The van der Waals surface area contributed by atoms with Crippen molar-refractivity contribution in [3.8, 4) is 0 Å². The third-order valence-corrected chi connectivity index (χ3v) is 11.4. The topological polar surface area (TPSA) is 57.7 Å². The summed E-state index contributed by atoms with van der Waals surface area (Å²) in [6.45, 7) is 8.19.